The van der Waals surface area contributed by atoms with Crippen LogP contribution < -0.4 is 16.4 Å². The van der Waals surface area contributed by atoms with Crippen LogP contribution in [0.1, 0.15) is 12.8 Å². The number of anilines is 2. The Balaban J connectivity index is 1.89. The molecular weight excluding hydrogens is 170 g/mol. The molecule has 0 atom stereocenters. The third kappa shape index (κ3) is 1.90. The molecule has 0 bridgehead atoms. The first-order valence-electron chi connectivity index (χ1n) is 4.12. The molecule has 1 aliphatic rings. The predicted molar refractivity (Wildman–Crippen MR) is 48.2 cm³/mol. The first-order valence-corrected chi connectivity index (χ1v) is 4.12. The third-order valence-electron chi connectivity index (χ3n) is 1.82. The minimum absolute atomic E-state index is 0.238. The van der Waals surface area contributed by atoms with Crippen molar-refractivity contribution < 1.29 is 4.79 Å². The summed E-state index contributed by atoms with van der Waals surface area (Å²) in [5, 5.41) is 11.6. The Labute approximate surface area is 74.9 Å². The molecule has 1 aromatic heterocycles. The lowest BCUT2D eigenvalue weighted by Crippen LogP contribution is -2.30. The first kappa shape index (κ1) is 7.90. The quantitative estimate of drug-likeness (QED) is 0.527. The molecule has 1 aromatic rings. The monoisotopic (exact) mass is 181 g/mol. The van der Waals surface area contributed by atoms with E-state index in [4.69, 9.17) is 5.73 Å². The van der Waals surface area contributed by atoms with Gasteiger partial charge in [0.05, 0.1) is 11.9 Å². The van der Waals surface area contributed by atoms with E-state index in [0.717, 1.165) is 12.8 Å². The summed E-state index contributed by atoms with van der Waals surface area (Å²) < 4.78 is 0. The van der Waals surface area contributed by atoms with Crippen molar-refractivity contribution in [2.75, 3.05) is 11.1 Å². The summed E-state index contributed by atoms with van der Waals surface area (Å²) in [6, 6.07) is 0.0996. The topological polar surface area (TPSA) is 95.8 Å². The number of carbonyl (C=O) groups is 1. The zero-order chi connectivity index (χ0) is 9.26. The molecule has 2 rings (SSSR count). The van der Waals surface area contributed by atoms with E-state index in [1.165, 1.54) is 6.20 Å². The number of H-pyrrole nitrogens is 1. The summed E-state index contributed by atoms with van der Waals surface area (Å²) in [6.07, 6.45) is 3.57. The van der Waals surface area contributed by atoms with E-state index in [-0.39, 0.29) is 6.03 Å². The van der Waals surface area contributed by atoms with Gasteiger partial charge in [0, 0.05) is 6.04 Å². The van der Waals surface area contributed by atoms with Gasteiger partial charge in [0.1, 0.15) is 0 Å². The summed E-state index contributed by atoms with van der Waals surface area (Å²) in [5.41, 5.74) is 5.94. The molecule has 5 N–H and O–H groups in total. The maximum Gasteiger partial charge on any atom is 0.320 e. The summed E-state index contributed by atoms with van der Waals surface area (Å²) in [7, 11) is 0. The normalized spacial score (nSPS) is 15.4. The summed E-state index contributed by atoms with van der Waals surface area (Å²) >= 11 is 0. The Kier molecular flexibility index (Phi) is 1.80. The van der Waals surface area contributed by atoms with Crippen molar-refractivity contribution in [2.45, 2.75) is 18.9 Å². The molecule has 0 unspecified atom stereocenters. The molecule has 70 valence electrons. The second-order valence-corrected chi connectivity index (χ2v) is 3.07. The first-order chi connectivity index (χ1) is 6.25. The van der Waals surface area contributed by atoms with Crippen LogP contribution in [0.25, 0.3) is 0 Å². The number of amides is 2. The second-order valence-electron chi connectivity index (χ2n) is 3.07. The molecule has 0 saturated heterocycles. The van der Waals surface area contributed by atoms with Gasteiger partial charge in [0.2, 0.25) is 0 Å². The van der Waals surface area contributed by atoms with Crippen LogP contribution in [0.3, 0.4) is 0 Å². The molecule has 1 aliphatic carbocycles. The number of rotatable bonds is 2. The van der Waals surface area contributed by atoms with Crippen LogP contribution in [0, 0.1) is 0 Å². The van der Waals surface area contributed by atoms with Crippen LogP contribution in [0.4, 0.5) is 16.3 Å². The number of nitrogens with two attached hydrogens (primary N) is 1. The van der Waals surface area contributed by atoms with Crippen molar-refractivity contribution in [3.05, 3.63) is 6.20 Å². The molecule has 0 radical (unpaired) electrons. The number of aromatic amines is 1. The van der Waals surface area contributed by atoms with Crippen LogP contribution in [0.5, 0.6) is 0 Å². The second kappa shape index (κ2) is 2.96. The molecule has 1 heterocycles. The number of nitrogen functional groups attached to an aromatic ring is 1. The van der Waals surface area contributed by atoms with Crippen LogP contribution in [-0.2, 0) is 0 Å². The van der Waals surface area contributed by atoms with E-state index in [2.05, 4.69) is 20.8 Å². The van der Waals surface area contributed by atoms with Gasteiger partial charge in [-0.1, -0.05) is 0 Å². The highest BCUT2D eigenvalue weighted by atomic mass is 16.2. The molecule has 2 amide bonds. The van der Waals surface area contributed by atoms with Crippen molar-refractivity contribution in [1.82, 2.24) is 15.5 Å². The number of aromatic nitrogens is 2. The molecule has 0 spiro atoms. The fourth-order valence-corrected chi connectivity index (χ4v) is 0.958. The molecule has 1 saturated carbocycles. The maximum absolute atomic E-state index is 11.2. The Morgan fingerprint density at radius 3 is 3.00 bits per heavy atom. The lowest BCUT2D eigenvalue weighted by Gasteiger charge is -2.04. The zero-order valence-corrected chi connectivity index (χ0v) is 7.00. The standard InChI is InChI=1S/C7H11N5O/c8-5-3-9-12-6(5)11-7(13)10-4-1-2-4/h3-4H,1-2,8H2,(H3,9,10,11,12,13). The third-order valence-corrected chi connectivity index (χ3v) is 1.82. The number of nitrogens with one attached hydrogen (secondary N) is 3. The molecule has 1 fully saturated rings. The van der Waals surface area contributed by atoms with Gasteiger partial charge in [-0.25, -0.2) is 4.79 Å². The van der Waals surface area contributed by atoms with Gasteiger partial charge >= 0.3 is 6.03 Å². The van der Waals surface area contributed by atoms with Crippen LogP contribution in [0.2, 0.25) is 0 Å². The minimum atomic E-state index is -0.238. The molecular formula is C7H11N5O. The number of carbonyl (C=O) groups excluding carboxylic acids is 1. The minimum Gasteiger partial charge on any atom is -0.394 e. The average molecular weight is 181 g/mol. The molecule has 6 nitrogen and oxygen atoms in total. The predicted octanol–water partition coefficient (Wildman–Crippen LogP) is 0.276. The Morgan fingerprint density at radius 2 is 2.46 bits per heavy atom. The Morgan fingerprint density at radius 1 is 1.69 bits per heavy atom. The molecule has 6 heteroatoms. The Hall–Kier alpha value is -1.72. The summed E-state index contributed by atoms with van der Waals surface area (Å²) in [6.45, 7) is 0. The van der Waals surface area contributed by atoms with E-state index < -0.39 is 0 Å². The van der Waals surface area contributed by atoms with E-state index >= 15 is 0 Å². The maximum atomic E-state index is 11.2. The van der Waals surface area contributed by atoms with Gasteiger partial charge in [-0.2, -0.15) is 5.10 Å². The fourth-order valence-electron chi connectivity index (χ4n) is 0.958. The van der Waals surface area contributed by atoms with Gasteiger partial charge in [0.15, 0.2) is 5.82 Å². The van der Waals surface area contributed by atoms with Crippen LogP contribution in [-0.4, -0.2) is 22.3 Å². The Bertz CT molecular complexity index is 316. The highest BCUT2D eigenvalue weighted by Gasteiger charge is 2.23. The van der Waals surface area contributed by atoms with Crippen molar-refractivity contribution in [1.29, 1.82) is 0 Å². The molecule has 13 heavy (non-hydrogen) atoms. The van der Waals surface area contributed by atoms with E-state index in [0.29, 0.717) is 17.5 Å². The lowest BCUT2D eigenvalue weighted by atomic mass is 10.5. The van der Waals surface area contributed by atoms with E-state index in [1.807, 2.05) is 0 Å². The SMILES string of the molecule is Nc1cn[nH]c1NC(=O)NC1CC1. The largest absolute Gasteiger partial charge is 0.394 e. The van der Waals surface area contributed by atoms with Crippen molar-refractivity contribution in [2.24, 2.45) is 0 Å². The van der Waals surface area contributed by atoms with Gasteiger partial charge < -0.3 is 11.1 Å². The summed E-state index contributed by atoms with van der Waals surface area (Å²) in [5.74, 6) is 0.443. The average Bonchev–Trinajstić information content (AvgIpc) is 2.79. The van der Waals surface area contributed by atoms with Crippen molar-refractivity contribution in [3.8, 4) is 0 Å². The molecule has 0 aliphatic heterocycles. The fraction of sp³-hybridized carbons (Fsp3) is 0.429. The van der Waals surface area contributed by atoms with Gasteiger partial charge in [0.25, 0.3) is 0 Å². The number of hydrogen-bond acceptors (Lipinski definition) is 3. The number of hydrogen-bond donors (Lipinski definition) is 4. The zero-order valence-electron chi connectivity index (χ0n) is 7.00. The smallest absolute Gasteiger partial charge is 0.320 e. The highest BCUT2D eigenvalue weighted by Crippen LogP contribution is 2.19. The van der Waals surface area contributed by atoms with Gasteiger partial charge in [-0.05, 0) is 12.8 Å². The number of urea groups is 1. The summed E-state index contributed by atoms with van der Waals surface area (Å²) in [4.78, 5) is 11.2. The highest BCUT2D eigenvalue weighted by molar-refractivity contribution is 5.91. The van der Waals surface area contributed by atoms with Crippen LogP contribution in [0.15, 0.2) is 6.20 Å². The van der Waals surface area contributed by atoms with Crippen LogP contribution >= 0.6 is 0 Å². The molecule has 0 aromatic carbocycles. The van der Waals surface area contributed by atoms with Crippen molar-refractivity contribution in [3.63, 3.8) is 0 Å². The van der Waals surface area contributed by atoms with E-state index in [1.54, 1.807) is 0 Å². The van der Waals surface area contributed by atoms with Gasteiger partial charge in [-0.15, -0.1) is 0 Å². The van der Waals surface area contributed by atoms with Gasteiger partial charge in [-0.3, -0.25) is 10.4 Å². The van der Waals surface area contributed by atoms with E-state index in [9.17, 15) is 4.79 Å². The van der Waals surface area contributed by atoms with Crippen molar-refractivity contribution >= 4 is 17.5 Å². The lowest BCUT2D eigenvalue weighted by molar-refractivity contribution is 0.251. The number of nitrogens with zero attached hydrogens (tertiary/aromatic N) is 1.